The monoisotopic (exact) mass is 458 g/mol. The quantitative estimate of drug-likeness (QED) is 0.159. The third-order valence-corrected chi connectivity index (χ3v) is 5.77. The largest absolute Gasteiger partial charge is 0.423 e. The van der Waals surface area contributed by atoms with Crippen LogP contribution in [0, 0.1) is 0 Å². The lowest BCUT2D eigenvalue weighted by Gasteiger charge is -2.10. The van der Waals surface area contributed by atoms with Crippen LogP contribution in [-0.4, -0.2) is 11.9 Å². The van der Waals surface area contributed by atoms with Crippen molar-refractivity contribution in [1.29, 1.82) is 0 Å². The fraction of sp³-hybridized carbons (Fsp3) is 0.333. The number of esters is 2. The average molecular weight is 459 g/mol. The molecule has 0 aliphatic carbocycles. The maximum atomic E-state index is 12.8. The van der Waals surface area contributed by atoms with Gasteiger partial charge in [-0.15, -0.1) is 0 Å². The summed E-state index contributed by atoms with van der Waals surface area (Å²) in [6.07, 6.45) is 9.08. The number of hydrogen-bond acceptors (Lipinski definition) is 4. The van der Waals surface area contributed by atoms with Gasteiger partial charge in [0, 0.05) is 0 Å². The normalized spacial score (nSPS) is 10.6. The van der Waals surface area contributed by atoms with Crippen molar-refractivity contribution < 1.29 is 19.1 Å². The number of aryl methyl sites for hydroxylation is 2. The van der Waals surface area contributed by atoms with Crippen LogP contribution in [0.25, 0.3) is 0 Å². The molecule has 3 rings (SSSR count). The van der Waals surface area contributed by atoms with Crippen molar-refractivity contribution in [3.63, 3.8) is 0 Å². The molecule has 0 aromatic heterocycles. The first-order valence-electron chi connectivity index (χ1n) is 12.3. The van der Waals surface area contributed by atoms with Crippen LogP contribution in [0.15, 0.2) is 72.8 Å². The molecular weight excluding hydrogens is 424 g/mol. The number of benzene rings is 3. The van der Waals surface area contributed by atoms with Gasteiger partial charge in [-0.3, -0.25) is 0 Å². The van der Waals surface area contributed by atoms with Crippen molar-refractivity contribution in [2.75, 3.05) is 0 Å². The molecule has 0 saturated heterocycles. The molecule has 0 unspecified atom stereocenters. The van der Waals surface area contributed by atoms with Crippen LogP contribution in [0.5, 0.6) is 11.5 Å². The summed E-state index contributed by atoms with van der Waals surface area (Å²) < 4.78 is 11.1. The Labute approximate surface area is 202 Å². The van der Waals surface area contributed by atoms with E-state index >= 15 is 0 Å². The van der Waals surface area contributed by atoms with Crippen molar-refractivity contribution in [2.45, 2.75) is 65.2 Å². The van der Waals surface area contributed by atoms with Crippen LogP contribution >= 0.6 is 0 Å². The molecule has 0 fully saturated rings. The Morgan fingerprint density at radius 1 is 0.559 bits per heavy atom. The minimum Gasteiger partial charge on any atom is -0.423 e. The van der Waals surface area contributed by atoms with Crippen molar-refractivity contribution in [3.8, 4) is 11.5 Å². The van der Waals surface area contributed by atoms with E-state index < -0.39 is 11.9 Å². The van der Waals surface area contributed by atoms with Gasteiger partial charge in [0.2, 0.25) is 0 Å². The highest BCUT2D eigenvalue weighted by atomic mass is 16.5. The zero-order valence-corrected chi connectivity index (χ0v) is 20.2. The van der Waals surface area contributed by atoms with Crippen LogP contribution in [-0.2, 0) is 12.8 Å². The van der Waals surface area contributed by atoms with Gasteiger partial charge < -0.3 is 9.47 Å². The molecule has 178 valence electrons. The van der Waals surface area contributed by atoms with E-state index in [4.69, 9.17) is 9.47 Å². The topological polar surface area (TPSA) is 52.6 Å². The van der Waals surface area contributed by atoms with E-state index in [-0.39, 0.29) is 11.1 Å². The van der Waals surface area contributed by atoms with E-state index in [0.29, 0.717) is 11.5 Å². The lowest BCUT2D eigenvalue weighted by molar-refractivity contribution is 0.0692. The summed E-state index contributed by atoms with van der Waals surface area (Å²) in [5.74, 6) is -0.271. The van der Waals surface area contributed by atoms with Crippen LogP contribution < -0.4 is 9.47 Å². The molecule has 0 heterocycles. The van der Waals surface area contributed by atoms with Gasteiger partial charge in [-0.1, -0.05) is 75.9 Å². The van der Waals surface area contributed by atoms with Gasteiger partial charge in [0.15, 0.2) is 0 Å². The molecule has 0 saturated carbocycles. The number of hydrogen-bond donors (Lipinski definition) is 0. The Kier molecular flexibility index (Phi) is 9.90. The zero-order chi connectivity index (χ0) is 24.2. The highest BCUT2D eigenvalue weighted by Gasteiger charge is 2.20. The number of ether oxygens (including phenoxy) is 2. The minimum absolute atomic E-state index is 0.177. The zero-order valence-electron chi connectivity index (χ0n) is 20.2. The van der Waals surface area contributed by atoms with Gasteiger partial charge in [0.1, 0.15) is 11.5 Å². The second kappa shape index (κ2) is 13.3. The lowest BCUT2D eigenvalue weighted by atomic mass is 10.1. The van der Waals surface area contributed by atoms with Gasteiger partial charge in [0.25, 0.3) is 0 Å². The molecule has 0 spiro atoms. The molecule has 0 aliphatic heterocycles. The second-order valence-electron chi connectivity index (χ2n) is 8.53. The van der Waals surface area contributed by atoms with Crippen LogP contribution in [0.4, 0.5) is 0 Å². The standard InChI is InChI=1S/C30H34O4/c1-3-5-7-11-23-15-19-25(20-16-23)33-29(31)27-13-9-10-14-28(27)30(32)34-26-21-17-24(18-22-26)12-8-6-4-2/h9-10,13-22H,3-8,11-12H2,1-2H3. The third-order valence-electron chi connectivity index (χ3n) is 5.77. The van der Waals surface area contributed by atoms with E-state index in [1.807, 2.05) is 24.3 Å². The summed E-state index contributed by atoms with van der Waals surface area (Å²) in [6, 6.07) is 21.6. The SMILES string of the molecule is CCCCCc1ccc(OC(=O)c2ccccc2C(=O)Oc2ccc(CCCCC)cc2)cc1. The summed E-state index contributed by atoms with van der Waals surface area (Å²) in [7, 11) is 0. The first-order valence-corrected chi connectivity index (χ1v) is 12.3. The highest BCUT2D eigenvalue weighted by Crippen LogP contribution is 2.20. The smallest absolute Gasteiger partial charge is 0.344 e. The first-order chi connectivity index (χ1) is 16.6. The molecule has 0 bridgehead atoms. The van der Waals surface area contributed by atoms with Crippen molar-refractivity contribution in [1.82, 2.24) is 0 Å². The van der Waals surface area contributed by atoms with Crippen LogP contribution in [0.1, 0.15) is 84.2 Å². The molecule has 0 radical (unpaired) electrons. The van der Waals surface area contributed by atoms with E-state index in [0.717, 1.165) is 25.7 Å². The van der Waals surface area contributed by atoms with E-state index in [1.165, 1.54) is 36.8 Å². The van der Waals surface area contributed by atoms with Crippen molar-refractivity contribution in [2.24, 2.45) is 0 Å². The molecule has 34 heavy (non-hydrogen) atoms. The maximum absolute atomic E-state index is 12.8. The fourth-order valence-electron chi connectivity index (χ4n) is 3.77. The van der Waals surface area contributed by atoms with Gasteiger partial charge in [-0.25, -0.2) is 9.59 Å². The second-order valence-corrected chi connectivity index (χ2v) is 8.53. The predicted octanol–water partition coefficient (Wildman–Crippen LogP) is 7.59. The fourth-order valence-corrected chi connectivity index (χ4v) is 3.77. The van der Waals surface area contributed by atoms with Crippen molar-refractivity contribution in [3.05, 3.63) is 95.1 Å². The summed E-state index contributed by atoms with van der Waals surface area (Å²) in [5, 5.41) is 0. The minimum atomic E-state index is -0.586. The number of carbonyl (C=O) groups excluding carboxylic acids is 2. The van der Waals surface area contributed by atoms with Crippen LogP contribution in [0.2, 0.25) is 0 Å². The predicted molar refractivity (Wildman–Crippen MR) is 136 cm³/mol. The molecule has 0 atom stereocenters. The lowest BCUT2D eigenvalue weighted by Crippen LogP contribution is -2.17. The Balaban J connectivity index is 1.63. The molecule has 3 aromatic rings. The summed E-state index contributed by atoms with van der Waals surface area (Å²) in [5.41, 5.74) is 2.79. The van der Waals surface area contributed by atoms with Crippen molar-refractivity contribution >= 4 is 11.9 Å². The number of carbonyl (C=O) groups is 2. The molecule has 4 nitrogen and oxygen atoms in total. The molecule has 0 aliphatic rings. The Hall–Kier alpha value is -3.40. The van der Waals surface area contributed by atoms with E-state index in [9.17, 15) is 9.59 Å². The van der Waals surface area contributed by atoms with Gasteiger partial charge >= 0.3 is 11.9 Å². The van der Waals surface area contributed by atoms with Gasteiger partial charge in [-0.05, 0) is 73.2 Å². The Bertz CT molecular complexity index is 965. The van der Waals surface area contributed by atoms with Crippen LogP contribution in [0.3, 0.4) is 0 Å². The Morgan fingerprint density at radius 2 is 0.941 bits per heavy atom. The number of unbranched alkanes of at least 4 members (excludes halogenated alkanes) is 4. The Morgan fingerprint density at radius 3 is 1.29 bits per heavy atom. The third kappa shape index (κ3) is 7.58. The maximum Gasteiger partial charge on any atom is 0.344 e. The summed E-state index contributed by atoms with van der Waals surface area (Å²) >= 11 is 0. The summed E-state index contributed by atoms with van der Waals surface area (Å²) in [4.78, 5) is 25.7. The molecule has 3 aromatic carbocycles. The summed E-state index contributed by atoms with van der Waals surface area (Å²) in [6.45, 7) is 4.36. The van der Waals surface area contributed by atoms with Gasteiger partial charge in [0.05, 0.1) is 11.1 Å². The average Bonchev–Trinajstić information content (AvgIpc) is 2.86. The number of rotatable bonds is 12. The molecule has 0 amide bonds. The van der Waals surface area contributed by atoms with Gasteiger partial charge in [-0.2, -0.15) is 0 Å². The highest BCUT2D eigenvalue weighted by molar-refractivity contribution is 6.04. The first kappa shape index (κ1) is 25.2. The van der Waals surface area contributed by atoms with E-state index in [2.05, 4.69) is 13.8 Å². The molecule has 4 heteroatoms. The molecular formula is C30H34O4. The van der Waals surface area contributed by atoms with E-state index in [1.54, 1.807) is 48.5 Å². The molecule has 0 N–H and O–H groups in total.